The van der Waals surface area contributed by atoms with E-state index in [0.29, 0.717) is 6.54 Å². The van der Waals surface area contributed by atoms with Gasteiger partial charge in [0.15, 0.2) is 29.1 Å². The van der Waals surface area contributed by atoms with Gasteiger partial charge in [-0.05, 0) is 12.1 Å². The summed E-state index contributed by atoms with van der Waals surface area (Å²) in [5, 5.41) is 0. The summed E-state index contributed by atoms with van der Waals surface area (Å²) in [5.74, 6) is 0.719. The lowest BCUT2D eigenvalue weighted by atomic mass is 9.98. The van der Waals surface area contributed by atoms with Gasteiger partial charge < -0.3 is 28.2 Å². The van der Waals surface area contributed by atoms with E-state index in [1.165, 1.54) is 0 Å². The van der Waals surface area contributed by atoms with E-state index in [0.717, 1.165) is 5.75 Å². The van der Waals surface area contributed by atoms with Crippen LogP contribution in [0.5, 0.6) is 5.75 Å². The van der Waals surface area contributed by atoms with Crippen LogP contribution in [0.15, 0.2) is 60.9 Å². The van der Waals surface area contributed by atoms with Crippen molar-refractivity contribution in [1.82, 2.24) is 0 Å². The molecule has 0 spiro atoms. The van der Waals surface area contributed by atoms with Crippen LogP contribution in [-0.2, 0) is 35.6 Å². The van der Waals surface area contributed by atoms with Gasteiger partial charge in [0.2, 0.25) is 6.29 Å². The van der Waals surface area contributed by atoms with Crippen molar-refractivity contribution in [2.75, 3.05) is 21.3 Å². The molecular formula is C21H26F3NO8S. The van der Waals surface area contributed by atoms with Gasteiger partial charge in [-0.15, -0.1) is 0 Å². The number of pyridine rings is 1. The fraction of sp³-hybridized carbons (Fsp3) is 0.476. The van der Waals surface area contributed by atoms with Gasteiger partial charge in [-0.1, -0.05) is 24.3 Å². The van der Waals surface area contributed by atoms with Gasteiger partial charge in [-0.3, -0.25) is 0 Å². The monoisotopic (exact) mass is 509 g/mol. The summed E-state index contributed by atoms with van der Waals surface area (Å²) < 4.78 is 90.3. The Morgan fingerprint density at radius 3 is 1.88 bits per heavy atom. The first-order valence-electron chi connectivity index (χ1n) is 9.93. The Bertz CT molecular complexity index is 907. The fourth-order valence-electron chi connectivity index (χ4n) is 3.32. The van der Waals surface area contributed by atoms with E-state index in [-0.39, 0.29) is 18.3 Å². The highest BCUT2D eigenvalue weighted by atomic mass is 32.2. The van der Waals surface area contributed by atoms with Crippen LogP contribution in [0.2, 0.25) is 0 Å². The topological polar surface area (TPSA) is 107 Å². The van der Waals surface area contributed by atoms with E-state index >= 15 is 0 Å². The average molecular weight is 509 g/mol. The number of methoxy groups -OCH3 is 3. The lowest BCUT2D eigenvalue weighted by molar-refractivity contribution is -0.707. The number of hydrogen-bond acceptors (Lipinski definition) is 8. The SMILES string of the molecule is CO[C@@H]1[C@@H](OC)[C@H](Oc2ccccc2)O[C@H](C[n+]2ccccc2)[C@H]1OC.O=S(=O)([O-])C(F)(F)F. The predicted octanol–water partition coefficient (Wildman–Crippen LogP) is 1.87. The van der Waals surface area contributed by atoms with Crippen LogP contribution in [0.4, 0.5) is 13.2 Å². The molecule has 2 aromatic rings. The molecule has 1 aliphatic rings. The number of para-hydroxylation sites is 1. The zero-order valence-electron chi connectivity index (χ0n) is 18.6. The van der Waals surface area contributed by atoms with E-state index in [2.05, 4.69) is 4.57 Å². The molecule has 0 N–H and O–H groups in total. The molecule has 1 aromatic heterocycles. The summed E-state index contributed by atoms with van der Waals surface area (Å²) >= 11 is 0. The number of hydrogen-bond donors (Lipinski definition) is 0. The second-order valence-electron chi connectivity index (χ2n) is 7.05. The third kappa shape index (κ3) is 7.61. The maximum Gasteiger partial charge on any atom is 0.485 e. The highest BCUT2D eigenvalue weighted by molar-refractivity contribution is 7.86. The van der Waals surface area contributed by atoms with Crippen molar-refractivity contribution in [3.63, 3.8) is 0 Å². The second kappa shape index (κ2) is 12.4. The highest BCUT2D eigenvalue weighted by Crippen LogP contribution is 2.29. The summed E-state index contributed by atoms with van der Waals surface area (Å²) in [6, 6.07) is 15.5. The maximum absolute atomic E-state index is 10.7. The molecule has 1 aromatic carbocycles. The van der Waals surface area contributed by atoms with Gasteiger partial charge in [0, 0.05) is 33.5 Å². The van der Waals surface area contributed by atoms with E-state index in [1.54, 1.807) is 21.3 Å². The van der Waals surface area contributed by atoms with E-state index in [1.807, 2.05) is 60.9 Å². The summed E-state index contributed by atoms with van der Waals surface area (Å²) in [7, 11) is -1.15. The van der Waals surface area contributed by atoms with Gasteiger partial charge in [-0.2, -0.15) is 13.2 Å². The second-order valence-corrected chi connectivity index (χ2v) is 8.42. The minimum absolute atomic E-state index is 0.252. The molecule has 0 bridgehead atoms. The maximum atomic E-state index is 10.7. The molecule has 0 aliphatic carbocycles. The Hall–Kier alpha value is -2.29. The van der Waals surface area contributed by atoms with Crippen molar-refractivity contribution >= 4 is 10.1 Å². The van der Waals surface area contributed by atoms with Crippen LogP contribution in [0.3, 0.4) is 0 Å². The van der Waals surface area contributed by atoms with Gasteiger partial charge in [0.25, 0.3) is 0 Å². The third-order valence-corrected chi connectivity index (χ3v) is 5.42. The van der Waals surface area contributed by atoms with Crippen molar-refractivity contribution < 1.29 is 54.4 Å². The average Bonchev–Trinajstić information content (AvgIpc) is 2.79. The molecule has 0 unspecified atom stereocenters. The molecule has 3 rings (SSSR count). The quantitative estimate of drug-likeness (QED) is 0.316. The van der Waals surface area contributed by atoms with Crippen molar-refractivity contribution in [3.05, 3.63) is 60.9 Å². The molecule has 13 heteroatoms. The minimum Gasteiger partial charge on any atom is -0.741 e. The molecule has 5 atom stereocenters. The number of halogens is 3. The largest absolute Gasteiger partial charge is 0.741 e. The molecule has 0 amide bonds. The number of aromatic nitrogens is 1. The molecule has 1 saturated heterocycles. The lowest BCUT2D eigenvalue weighted by Crippen LogP contribution is -2.63. The minimum atomic E-state index is -6.09. The fourth-order valence-corrected chi connectivity index (χ4v) is 3.32. The Labute approximate surface area is 195 Å². The summed E-state index contributed by atoms with van der Waals surface area (Å²) in [5.41, 5.74) is -5.65. The summed E-state index contributed by atoms with van der Waals surface area (Å²) in [6.45, 7) is 0.615. The normalized spacial score (nSPS) is 25.2. The molecular weight excluding hydrogens is 483 g/mol. The van der Waals surface area contributed by atoms with Crippen LogP contribution < -0.4 is 9.30 Å². The zero-order chi connectivity index (χ0) is 25.4. The van der Waals surface area contributed by atoms with Gasteiger partial charge in [-0.25, -0.2) is 13.0 Å². The van der Waals surface area contributed by atoms with Gasteiger partial charge in [0.1, 0.15) is 30.2 Å². The van der Waals surface area contributed by atoms with Crippen molar-refractivity contribution in [3.8, 4) is 5.75 Å². The third-order valence-electron chi connectivity index (χ3n) is 4.85. The van der Waals surface area contributed by atoms with Gasteiger partial charge in [0.05, 0.1) is 0 Å². The Kier molecular flexibility index (Phi) is 10.2. The zero-order valence-corrected chi connectivity index (χ0v) is 19.4. The first-order valence-corrected chi connectivity index (χ1v) is 11.3. The lowest BCUT2D eigenvalue weighted by Gasteiger charge is -2.43. The van der Waals surface area contributed by atoms with Crippen molar-refractivity contribution in [2.24, 2.45) is 0 Å². The van der Waals surface area contributed by atoms with Crippen LogP contribution in [0.1, 0.15) is 0 Å². The Morgan fingerprint density at radius 1 is 0.912 bits per heavy atom. The molecule has 34 heavy (non-hydrogen) atoms. The predicted molar refractivity (Wildman–Crippen MR) is 111 cm³/mol. The van der Waals surface area contributed by atoms with E-state index in [9.17, 15) is 13.2 Å². The smallest absolute Gasteiger partial charge is 0.485 e. The summed E-state index contributed by atoms with van der Waals surface area (Å²) in [6.07, 6.45) is 2.11. The molecule has 1 fully saturated rings. The molecule has 190 valence electrons. The van der Waals surface area contributed by atoms with Gasteiger partial charge >= 0.3 is 5.51 Å². The molecule has 0 radical (unpaired) electrons. The highest BCUT2D eigenvalue weighted by Gasteiger charge is 2.49. The first kappa shape index (κ1) is 28.0. The number of rotatable bonds is 7. The van der Waals surface area contributed by atoms with Crippen molar-refractivity contribution in [1.29, 1.82) is 0 Å². The number of nitrogens with zero attached hydrogens (tertiary/aromatic N) is 1. The van der Waals surface area contributed by atoms with E-state index in [4.69, 9.17) is 36.7 Å². The number of ether oxygens (including phenoxy) is 5. The Balaban J connectivity index is 0.000000440. The first-order chi connectivity index (χ1) is 16.0. The molecule has 2 heterocycles. The van der Waals surface area contributed by atoms with Crippen LogP contribution in [0.25, 0.3) is 0 Å². The number of benzene rings is 1. The standard InChI is InChI=1S/C20H26NO5.CHF3O3S/c1-22-17-16(14-21-12-8-5-9-13-21)26-20(19(24-3)18(17)23-2)25-15-10-6-4-7-11-15;2-1(3,4)8(5,6)7/h4-13,16-20H,14H2,1-3H3;(H,5,6,7)/q+1;/p-1/t16-,17-,18+,19-,20-;/m1./s1. The molecule has 9 nitrogen and oxygen atoms in total. The Morgan fingerprint density at radius 2 is 1.41 bits per heavy atom. The van der Waals surface area contributed by atoms with Crippen LogP contribution >= 0.6 is 0 Å². The van der Waals surface area contributed by atoms with E-state index < -0.39 is 28.0 Å². The summed E-state index contributed by atoms with van der Waals surface area (Å²) in [4.78, 5) is 0. The molecule has 0 saturated carbocycles. The molecule has 1 aliphatic heterocycles. The van der Waals surface area contributed by atoms with Crippen LogP contribution in [0, 0.1) is 0 Å². The van der Waals surface area contributed by atoms with Crippen molar-refractivity contribution in [2.45, 2.75) is 42.8 Å². The number of alkyl halides is 3. The van der Waals surface area contributed by atoms with Crippen LogP contribution in [-0.4, -0.2) is 70.5 Å².